The molecule has 0 fully saturated rings. The molecule has 0 spiro atoms. The van der Waals surface area contributed by atoms with Crippen LogP contribution >= 0.6 is 0 Å². The number of anilines is 1. The van der Waals surface area contributed by atoms with Crippen molar-refractivity contribution in [2.75, 3.05) is 18.9 Å². The molecule has 0 heterocycles. The van der Waals surface area contributed by atoms with E-state index >= 15 is 0 Å². The van der Waals surface area contributed by atoms with Gasteiger partial charge in [0.15, 0.2) is 5.96 Å². The monoisotopic (exact) mass is 302 g/mol. The SMILES string of the molecule is C=CCNC(=NC)NCc1cccc(NC(=O)CC(C)C)c1. The van der Waals surface area contributed by atoms with Crippen LogP contribution in [0.3, 0.4) is 0 Å². The van der Waals surface area contributed by atoms with E-state index in [1.54, 1.807) is 13.1 Å². The zero-order valence-electron chi connectivity index (χ0n) is 13.6. The van der Waals surface area contributed by atoms with Crippen molar-refractivity contribution in [2.45, 2.75) is 26.8 Å². The number of hydrogen-bond donors (Lipinski definition) is 3. The number of hydrogen-bond acceptors (Lipinski definition) is 2. The van der Waals surface area contributed by atoms with Gasteiger partial charge in [0, 0.05) is 32.2 Å². The molecule has 1 amide bonds. The third kappa shape index (κ3) is 6.92. The van der Waals surface area contributed by atoms with Crippen LogP contribution in [0.2, 0.25) is 0 Å². The van der Waals surface area contributed by atoms with Gasteiger partial charge in [-0.15, -0.1) is 6.58 Å². The molecule has 0 saturated heterocycles. The standard InChI is InChI=1S/C17H26N4O/c1-5-9-19-17(18-4)20-12-14-7-6-8-15(11-14)21-16(22)10-13(2)3/h5-8,11,13H,1,9-10,12H2,2-4H3,(H,21,22)(H2,18,19,20). The van der Waals surface area contributed by atoms with Crippen molar-refractivity contribution in [3.05, 3.63) is 42.5 Å². The molecule has 0 bridgehead atoms. The number of carbonyl (C=O) groups is 1. The molecule has 0 aliphatic heterocycles. The fourth-order valence-electron chi connectivity index (χ4n) is 1.92. The summed E-state index contributed by atoms with van der Waals surface area (Å²) in [7, 11) is 1.72. The molecule has 22 heavy (non-hydrogen) atoms. The highest BCUT2D eigenvalue weighted by Gasteiger charge is 2.05. The fraction of sp³-hybridized carbons (Fsp3) is 0.412. The van der Waals surface area contributed by atoms with Crippen molar-refractivity contribution < 1.29 is 4.79 Å². The molecule has 0 radical (unpaired) electrons. The predicted octanol–water partition coefficient (Wildman–Crippen LogP) is 2.52. The molecule has 0 aliphatic carbocycles. The molecule has 3 N–H and O–H groups in total. The largest absolute Gasteiger partial charge is 0.353 e. The van der Waals surface area contributed by atoms with Crippen molar-refractivity contribution in [3.8, 4) is 0 Å². The Morgan fingerprint density at radius 1 is 1.36 bits per heavy atom. The third-order valence-corrected chi connectivity index (χ3v) is 2.90. The molecular weight excluding hydrogens is 276 g/mol. The molecule has 0 aromatic heterocycles. The van der Waals surface area contributed by atoms with Gasteiger partial charge in [-0.25, -0.2) is 0 Å². The van der Waals surface area contributed by atoms with Gasteiger partial charge in [0.05, 0.1) is 0 Å². The molecule has 1 rings (SSSR count). The van der Waals surface area contributed by atoms with Gasteiger partial charge in [0.1, 0.15) is 0 Å². The number of nitrogens with zero attached hydrogens (tertiary/aromatic N) is 1. The Kier molecular flexibility index (Phi) is 7.75. The summed E-state index contributed by atoms with van der Waals surface area (Å²) in [6.45, 7) is 9.01. The Balaban J connectivity index is 2.56. The Morgan fingerprint density at radius 3 is 2.77 bits per heavy atom. The predicted molar refractivity (Wildman–Crippen MR) is 92.9 cm³/mol. The minimum Gasteiger partial charge on any atom is -0.353 e. The Labute approximate surface area is 132 Å². The highest BCUT2D eigenvalue weighted by atomic mass is 16.1. The van der Waals surface area contributed by atoms with Crippen LogP contribution in [0.25, 0.3) is 0 Å². The lowest BCUT2D eigenvalue weighted by Gasteiger charge is -2.12. The van der Waals surface area contributed by atoms with Crippen LogP contribution in [0.1, 0.15) is 25.8 Å². The van der Waals surface area contributed by atoms with Crippen LogP contribution in [-0.2, 0) is 11.3 Å². The van der Waals surface area contributed by atoms with Gasteiger partial charge < -0.3 is 16.0 Å². The quantitative estimate of drug-likeness (QED) is 0.412. The van der Waals surface area contributed by atoms with Crippen molar-refractivity contribution >= 4 is 17.6 Å². The van der Waals surface area contributed by atoms with Crippen LogP contribution in [0.5, 0.6) is 0 Å². The maximum Gasteiger partial charge on any atom is 0.224 e. The van der Waals surface area contributed by atoms with E-state index in [9.17, 15) is 4.79 Å². The van der Waals surface area contributed by atoms with E-state index in [0.29, 0.717) is 31.4 Å². The molecule has 0 unspecified atom stereocenters. The first kappa shape index (κ1) is 17.8. The summed E-state index contributed by atoms with van der Waals surface area (Å²) in [6, 6.07) is 7.80. The van der Waals surface area contributed by atoms with Crippen LogP contribution in [-0.4, -0.2) is 25.5 Å². The van der Waals surface area contributed by atoms with E-state index in [-0.39, 0.29) is 5.91 Å². The summed E-state index contributed by atoms with van der Waals surface area (Å²) in [5.74, 6) is 1.11. The highest BCUT2D eigenvalue weighted by Crippen LogP contribution is 2.12. The number of rotatable bonds is 7. The molecule has 1 aromatic rings. The van der Waals surface area contributed by atoms with Gasteiger partial charge in [-0.1, -0.05) is 32.1 Å². The van der Waals surface area contributed by atoms with E-state index in [1.807, 2.05) is 38.1 Å². The minimum absolute atomic E-state index is 0.0450. The molecule has 120 valence electrons. The van der Waals surface area contributed by atoms with Crippen LogP contribution in [0.15, 0.2) is 41.9 Å². The molecule has 5 nitrogen and oxygen atoms in total. The number of benzene rings is 1. The summed E-state index contributed by atoms with van der Waals surface area (Å²) in [5.41, 5.74) is 1.89. The van der Waals surface area contributed by atoms with Gasteiger partial charge in [-0.2, -0.15) is 0 Å². The number of guanidine groups is 1. The summed E-state index contributed by atoms with van der Waals surface area (Å²) in [6.07, 6.45) is 2.30. The van der Waals surface area contributed by atoms with Crippen molar-refractivity contribution in [2.24, 2.45) is 10.9 Å². The lowest BCUT2D eigenvalue weighted by molar-refractivity contribution is -0.116. The average Bonchev–Trinajstić information content (AvgIpc) is 2.47. The Morgan fingerprint density at radius 2 is 2.14 bits per heavy atom. The van der Waals surface area contributed by atoms with Gasteiger partial charge >= 0.3 is 0 Å². The van der Waals surface area contributed by atoms with Crippen molar-refractivity contribution in [3.63, 3.8) is 0 Å². The van der Waals surface area contributed by atoms with Gasteiger partial charge in [0.25, 0.3) is 0 Å². The number of carbonyl (C=O) groups excluding carboxylic acids is 1. The molecule has 5 heteroatoms. The van der Waals surface area contributed by atoms with E-state index in [1.165, 1.54) is 0 Å². The van der Waals surface area contributed by atoms with Gasteiger partial charge in [0.2, 0.25) is 5.91 Å². The summed E-state index contributed by atoms with van der Waals surface area (Å²) >= 11 is 0. The summed E-state index contributed by atoms with van der Waals surface area (Å²) in [5, 5.41) is 9.24. The zero-order valence-corrected chi connectivity index (χ0v) is 13.6. The van der Waals surface area contributed by atoms with E-state index < -0.39 is 0 Å². The molecule has 0 aliphatic rings. The molecular formula is C17H26N4O. The number of nitrogens with one attached hydrogen (secondary N) is 3. The minimum atomic E-state index is 0.0450. The second-order valence-corrected chi connectivity index (χ2v) is 5.44. The van der Waals surface area contributed by atoms with Crippen molar-refractivity contribution in [1.82, 2.24) is 10.6 Å². The Bertz CT molecular complexity index is 523. The number of amides is 1. The smallest absolute Gasteiger partial charge is 0.224 e. The number of aliphatic imine (C=N–C) groups is 1. The van der Waals surface area contributed by atoms with Crippen LogP contribution in [0, 0.1) is 5.92 Å². The highest BCUT2D eigenvalue weighted by molar-refractivity contribution is 5.90. The van der Waals surface area contributed by atoms with E-state index in [4.69, 9.17) is 0 Å². The van der Waals surface area contributed by atoms with Crippen molar-refractivity contribution in [1.29, 1.82) is 0 Å². The summed E-state index contributed by atoms with van der Waals surface area (Å²) < 4.78 is 0. The first-order chi connectivity index (χ1) is 10.5. The van der Waals surface area contributed by atoms with Crippen LogP contribution in [0.4, 0.5) is 5.69 Å². The second-order valence-electron chi connectivity index (χ2n) is 5.44. The fourth-order valence-corrected chi connectivity index (χ4v) is 1.92. The molecule has 1 aromatic carbocycles. The lowest BCUT2D eigenvalue weighted by Crippen LogP contribution is -2.36. The zero-order chi connectivity index (χ0) is 16.4. The lowest BCUT2D eigenvalue weighted by atomic mass is 10.1. The van der Waals surface area contributed by atoms with E-state index in [2.05, 4.69) is 27.5 Å². The maximum absolute atomic E-state index is 11.8. The Hall–Kier alpha value is -2.30. The third-order valence-electron chi connectivity index (χ3n) is 2.90. The van der Waals surface area contributed by atoms with Gasteiger partial charge in [-0.3, -0.25) is 9.79 Å². The van der Waals surface area contributed by atoms with Gasteiger partial charge in [-0.05, 0) is 23.6 Å². The average molecular weight is 302 g/mol. The normalized spacial score (nSPS) is 11.2. The molecule has 0 atom stereocenters. The second kappa shape index (κ2) is 9.60. The first-order valence-corrected chi connectivity index (χ1v) is 7.49. The van der Waals surface area contributed by atoms with E-state index in [0.717, 1.165) is 11.3 Å². The van der Waals surface area contributed by atoms with Crippen LogP contribution < -0.4 is 16.0 Å². The summed E-state index contributed by atoms with van der Waals surface area (Å²) in [4.78, 5) is 15.9. The first-order valence-electron chi connectivity index (χ1n) is 7.49. The topological polar surface area (TPSA) is 65.5 Å². The molecule has 0 saturated carbocycles. The maximum atomic E-state index is 11.8.